The lowest BCUT2D eigenvalue weighted by Gasteiger charge is -2.12. The zero-order valence-electron chi connectivity index (χ0n) is 18.3. The van der Waals surface area contributed by atoms with Gasteiger partial charge in [0.25, 0.3) is 5.56 Å². The number of hydrogen-bond acceptors (Lipinski definition) is 2. The summed E-state index contributed by atoms with van der Waals surface area (Å²) in [5.41, 5.74) is 5.56. The second-order valence-corrected chi connectivity index (χ2v) is 8.42. The topological polar surface area (TPSA) is 51.0 Å². The van der Waals surface area contributed by atoms with Crippen molar-refractivity contribution in [3.05, 3.63) is 99.1 Å². The minimum absolute atomic E-state index is 0.0711. The molecule has 0 saturated carbocycles. The Balaban J connectivity index is 1.54. The van der Waals surface area contributed by atoms with E-state index in [1.165, 1.54) is 17.2 Å². The van der Waals surface area contributed by atoms with E-state index in [2.05, 4.69) is 42.7 Å². The van der Waals surface area contributed by atoms with Gasteiger partial charge in [0.1, 0.15) is 5.82 Å². The van der Waals surface area contributed by atoms with Gasteiger partial charge in [-0.15, -0.1) is 0 Å². The molecule has 0 radical (unpaired) electrons. The molecule has 0 aliphatic heterocycles. The van der Waals surface area contributed by atoms with Crippen LogP contribution in [0.3, 0.4) is 0 Å². The Morgan fingerprint density at radius 3 is 2.47 bits per heavy atom. The third kappa shape index (κ3) is 4.57. The number of thiocarbonyl (C=S) groups is 1. The average Bonchev–Trinajstić information content (AvgIpc) is 2.97. The van der Waals surface area contributed by atoms with Crippen LogP contribution in [0.1, 0.15) is 22.3 Å². The van der Waals surface area contributed by atoms with E-state index in [-0.39, 0.29) is 17.9 Å². The average molecular weight is 449 g/mol. The molecule has 7 heteroatoms. The maximum absolute atomic E-state index is 13.8. The highest BCUT2D eigenvalue weighted by Crippen LogP contribution is 2.19. The minimum atomic E-state index is -0.280. The smallest absolute Gasteiger partial charge is 0.274 e. The molecule has 2 N–H and O–H groups in total. The van der Waals surface area contributed by atoms with Gasteiger partial charge in [-0.25, -0.2) is 4.39 Å². The molecular formula is C25H25FN4OS. The lowest BCUT2D eigenvalue weighted by molar-refractivity contribution is 0.554. The largest absolute Gasteiger partial charge is 0.358 e. The molecule has 0 fully saturated rings. The number of rotatable bonds is 5. The highest BCUT2D eigenvalue weighted by atomic mass is 32.1. The predicted molar refractivity (Wildman–Crippen MR) is 132 cm³/mol. The summed E-state index contributed by atoms with van der Waals surface area (Å²) in [6, 6.07) is 18.6. The summed E-state index contributed by atoms with van der Waals surface area (Å²) in [7, 11) is 1.78. The molecule has 1 heterocycles. The highest BCUT2D eigenvalue weighted by molar-refractivity contribution is 7.80. The number of anilines is 1. The second kappa shape index (κ2) is 8.96. The molecule has 0 aliphatic rings. The number of aryl methyl sites for hydroxylation is 2. The van der Waals surface area contributed by atoms with Gasteiger partial charge in [0.2, 0.25) is 0 Å². The lowest BCUT2D eigenvalue weighted by Crippen LogP contribution is -2.28. The fourth-order valence-corrected chi connectivity index (χ4v) is 4.16. The van der Waals surface area contributed by atoms with Gasteiger partial charge in [0, 0.05) is 24.8 Å². The van der Waals surface area contributed by atoms with Crippen molar-refractivity contribution in [3.8, 4) is 0 Å². The molecule has 164 valence electrons. The van der Waals surface area contributed by atoms with Crippen molar-refractivity contribution in [3.63, 3.8) is 0 Å². The molecule has 32 heavy (non-hydrogen) atoms. The van der Waals surface area contributed by atoms with E-state index in [1.807, 2.05) is 16.8 Å². The number of fused-ring (bicyclic) bond motifs is 1. The molecule has 0 spiro atoms. The van der Waals surface area contributed by atoms with Crippen molar-refractivity contribution < 1.29 is 4.39 Å². The van der Waals surface area contributed by atoms with Gasteiger partial charge in [-0.1, -0.05) is 47.5 Å². The van der Waals surface area contributed by atoms with Gasteiger partial charge in [-0.3, -0.25) is 14.2 Å². The van der Waals surface area contributed by atoms with Gasteiger partial charge in [-0.2, -0.15) is 0 Å². The molecule has 0 unspecified atom stereocenters. The maximum atomic E-state index is 13.8. The van der Waals surface area contributed by atoms with Crippen molar-refractivity contribution in [2.45, 2.75) is 26.9 Å². The summed E-state index contributed by atoms with van der Waals surface area (Å²) in [5, 5.41) is 7.06. The van der Waals surface area contributed by atoms with Crippen LogP contribution < -0.4 is 16.2 Å². The molecule has 0 saturated heterocycles. The normalized spacial score (nSPS) is 11.0. The number of aromatic nitrogens is 2. The molecule has 1 aromatic heterocycles. The molecule has 5 nitrogen and oxygen atoms in total. The summed E-state index contributed by atoms with van der Waals surface area (Å²) >= 11 is 5.34. The fraction of sp³-hybridized carbons (Fsp3) is 0.200. The van der Waals surface area contributed by atoms with Crippen molar-refractivity contribution in [2.24, 2.45) is 7.05 Å². The Labute approximate surface area is 191 Å². The SMILES string of the molecule is Cc1cc(C)cc(Cn2c3ccc(NC(=S)NCc4ccccc4F)cc3c(=O)n2C)c1. The van der Waals surface area contributed by atoms with Crippen LogP contribution in [-0.2, 0) is 20.1 Å². The summed E-state index contributed by atoms with van der Waals surface area (Å²) in [4.78, 5) is 12.9. The van der Waals surface area contributed by atoms with Crippen LogP contribution >= 0.6 is 12.2 Å². The molecule has 0 atom stereocenters. The third-order valence-corrected chi connectivity index (χ3v) is 5.68. The first-order chi connectivity index (χ1) is 15.3. The second-order valence-electron chi connectivity index (χ2n) is 8.01. The van der Waals surface area contributed by atoms with E-state index >= 15 is 0 Å². The predicted octanol–water partition coefficient (Wildman–Crippen LogP) is 4.63. The van der Waals surface area contributed by atoms with Crippen LogP contribution in [0.2, 0.25) is 0 Å². The standard InChI is InChI=1S/C25H25FN4OS/c1-16-10-17(2)12-18(11-16)15-30-23-9-8-20(13-21(23)24(31)29(30)3)28-25(32)27-14-19-6-4-5-7-22(19)26/h4-13H,14-15H2,1-3H3,(H2,27,28,32). The van der Waals surface area contributed by atoms with E-state index in [0.29, 0.717) is 28.3 Å². The van der Waals surface area contributed by atoms with Gasteiger partial charge < -0.3 is 10.6 Å². The van der Waals surface area contributed by atoms with Gasteiger partial charge in [-0.05, 0) is 55.9 Å². The third-order valence-electron chi connectivity index (χ3n) is 5.43. The van der Waals surface area contributed by atoms with Gasteiger partial charge in [0.15, 0.2) is 5.11 Å². The van der Waals surface area contributed by atoms with E-state index in [0.717, 1.165) is 11.1 Å². The van der Waals surface area contributed by atoms with E-state index in [1.54, 1.807) is 36.0 Å². The number of benzene rings is 3. The summed E-state index contributed by atoms with van der Waals surface area (Å²) < 4.78 is 17.4. The first kappa shape index (κ1) is 21.8. The molecule has 0 bridgehead atoms. The number of halogens is 1. The quantitative estimate of drug-likeness (QED) is 0.437. The van der Waals surface area contributed by atoms with Crippen molar-refractivity contribution in [1.82, 2.24) is 14.7 Å². The first-order valence-corrected chi connectivity index (χ1v) is 10.8. The Morgan fingerprint density at radius 1 is 1.03 bits per heavy atom. The molecule has 3 aromatic carbocycles. The van der Waals surface area contributed by atoms with Crippen LogP contribution in [-0.4, -0.2) is 14.5 Å². The first-order valence-electron chi connectivity index (χ1n) is 10.4. The highest BCUT2D eigenvalue weighted by Gasteiger charge is 2.13. The van der Waals surface area contributed by atoms with Crippen LogP contribution in [0.5, 0.6) is 0 Å². The molecular weight excluding hydrogens is 423 g/mol. The van der Waals surface area contributed by atoms with Crippen molar-refractivity contribution in [2.75, 3.05) is 5.32 Å². The number of nitrogens with zero attached hydrogens (tertiary/aromatic N) is 2. The molecule has 4 rings (SSSR count). The van der Waals surface area contributed by atoms with E-state index in [9.17, 15) is 9.18 Å². The zero-order valence-corrected chi connectivity index (χ0v) is 19.1. The summed E-state index contributed by atoms with van der Waals surface area (Å²) in [5.74, 6) is -0.280. The summed E-state index contributed by atoms with van der Waals surface area (Å²) in [6.07, 6.45) is 0. The fourth-order valence-electron chi connectivity index (χ4n) is 3.97. The minimum Gasteiger partial charge on any atom is -0.358 e. The maximum Gasteiger partial charge on any atom is 0.274 e. The lowest BCUT2D eigenvalue weighted by atomic mass is 10.1. The van der Waals surface area contributed by atoms with Gasteiger partial charge in [0.05, 0.1) is 17.4 Å². The molecule has 4 aromatic rings. The Hall–Kier alpha value is -3.45. The van der Waals surface area contributed by atoms with Crippen molar-refractivity contribution in [1.29, 1.82) is 0 Å². The Morgan fingerprint density at radius 2 is 1.75 bits per heavy atom. The van der Waals surface area contributed by atoms with Crippen LogP contribution in [0.4, 0.5) is 10.1 Å². The van der Waals surface area contributed by atoms with E-state index in [4.69, 9.17) is 12.2 Å². The molecule has 0 amide bonds. The number of nitrogens with one attached hydrogen (secondary N) is 2. The monoisotopic (exact) mass is 448 g/mol. The Bertz CT molecular complexity index is 1350. The van der Waals surface area contributed by atoms with E-state index < -0.39 is 0 Å². The number of hydrogen-bond donors (Lipinski definition) is 2. The van der Waals surface area contributed by atoms with Crippen LogP contribution in [0.25, 0.3) is 10.9 Å². The van der Waals surface area contributed by atoms with Gasteiger partial charge >= 0.3 is 0 Å². The Kier molecular flexibility index (Phi) is 6.10. The van der Waals surface area contributed by atoms with Crippen LogP contribution in [0, 0.1) is 19.7 Å². The van der Waals surface area contributed by atoms with Crippen LogP contribution in [0.15, 0.2) is 65.5 Å². The summed E-state index contributed by atoms with van der Waals surface area (Å²) in [6.45, 7) is 5.02. The molecule has 0 aliphatic carbocycles. The zero-order chi connectivity index (χ0) is 22.8. The van der Waals surface area contributed by atoms with Crippen molar-refractivity contribution >= 4 is 33.9 Å².